The SMILES string of the molecule is CC1(C)[C@@]2(C(=O)Nc3ccccc3)CC[C@@]1(C)/C(=N\O)C2. The molecule has 1 aromatic rings. The number of anilines is 1. The number of hydrogen-bond donors (Lipinski definition) is 2. The van der Waals surface area contributed by atoms with Gasteiger partial charge in [0.15, 0.2) is 0 Å². The number of carbonyl (C=O) groups is 1. The van der Waals surface area contributed by atoms with E-state index in [9.17, 15) is 10.0 Å². The number of carbonyl (C=O) groups excluding carboxylic acids is 1. The number of nitrogens with zero attached hydrogens (tertiary/aromatic N) is 1. The summed E-state index contributed by atoms with van der Waals surface area (Å²) in [5, 5.41) is 15.9. The lowest BCUT2D eigenvalue weighted by Gasteiger charge is -2.39. The fourth-order valence-corrected chi connectivity index (χ4v) is 4.31. The monoisotopic (exact) mass is 286 g/mol. The van der Waals surface area contributed by atoms with Gasteiger partial charge in [-0.3, -0.25) is 4.79 Å². The molecule has 0 aromatic heterocycles. The molecule has 2 N–H and O–H groups in total. The van der Waals surface area contributed by atoms with Gasteiger partial charge < -0.3 is 10.5 Å². The number of oxime groups is 1. The van der Waals surface area contributed by atoms with Crippen molar-refractivity contribution in [1.82, 2.24) is 0 Å². The summed E-state index contributed by atoms with van der Waals surface area (Å²) in [6, 6.07) is 9.53. The second-order valence-corrected chi connectivity index (χ2v) is 7.08. The Morgan fingerprint density at radius 3 is 2.43 bits per heavy atom. The van der Waals surface area contributed by atoms with E-state index in [1.54, 1.807) is 0 Å². The minimum absolute atomic E-state index is 0.0427. The third kappa shape index (κ3) is 1.62. The van der Waals surface area contributed by atoms with Gasteiger partial charge in [0.2, 0.25) is 5.91 Å². The Kier molecular flexibility index (Phi) is 2.91. The fourth-order valence-electron chi connectivity index (χ4n) is 4.31. The van der Waals surface area contributed by atoms with Crippen molar-refractivity contribution in [3.8, 4) is 0 Å². The molecule has 0 spiro atoms. The molecule has 2 saturated carbocycles. The standard InChI is InChI=1S/C17H22N2O2/c1-15(2)16(3)9-10-17(15,11-13(16)19-21)14(20)18-12-7-5-4-6-8-12/h4-8,21H,9-11H2,1-3H3,(H,18,20)/b19-13-/t16-,17-/m0/s1. The summed E-state index contributed by atoms with van der Waals surface area (Å²) < 4.78 is 0. The molecule has 0 unspecified atom stereocenters. The Hall–Kier alpha value is -1.84. The number of benzene rings is 1. The number of nitrogens with one attached hydrogen (secondary N) is 1. The molecule has 0 aliphatic heterocycles. The summed E-state index contributed by atoms with van der Waals surface area (Å²) in [6.07, 6.45) is 2.28. The zero-order chi connectivity index (χ0) is 15.3. The van der Waals surface area contributed by atoms with E-state index in [0.29, 0.717) is 6.42 Å². The smallest absolute Gasteiger partial charge is 0.231 e. The Bertz CT molecular complexity index is 608. The van der Waals surface area contributed by atoms with Crippen molar-refractivity contribution in [3.63, 3.8) is 0 Å². The molecule has 21 heavy (non-hydrogen) atoms. The van der Waals surface area contributed by atoms with Crippen molar-refractivity contribution in [3.05, 3.63) is 30.3 Å². The van der Waals surface area contributed by atoms with Crippen LogP contribution in [0, 0.1) is 16.2 Å². The molecule has 1 aromatic carbocycles. The second kappa shape index (κ2) is 4.33. The van der Waals surface area contributed by atoms with Crippen LogP contribution in [0.25, 0.3) is 0 Å². The Morgan fingerprint density at radius 1 is 1.19 bits per heavy atom. The van der Waals surface area contributed by atoms with E-state index in [0.717, 1.165) is 24.2 Å². The minimum atomic E-state index is -0.487. The van der Waals surface area contributed by atoms with Crippen LogP contribution >= 0.6 is 0 Å². The van der Waals surface area contributed by atoms with Gasteiger partial charge in [-0.15, -0.1) is 0 Å². The average Bonchev–Trinajstić information content (AvgIpc) is 2.78. The van der Waals surface area contributed by atoms with E-state index in [2.05, 4.69) is 31.2 Å². The van der Waals surface area contributed by atoms with E-state index in [-0.39, 0.29) is 16.7 Å². The van der Waals surface area contributed by atoms with Crippen molar-refractivity contribution in [2.75, 3.05) is 5.32 Å². The van der Waals surface area contributed by atoms with Gasteiger partial charge in [0.05, 0.1) is 11.1 Å². The lowest BCUT2D eigenvalue weighted by molar-refractivity contribution is -0.130. The predicted molar refractivity (Wildman–Crippen MR) is 82.5 cm³/mol. The molecular formula is C17H22N2O2. The molecular weight excluding hydrogens is 264 g/mol. The molecule has 2 aliphatic rings. The molecule has 112 valence electrons. The van der Waals surface area contributed by atoms with Crippen LogP contribution in [0.4, 0.5) is 5.69 Å². The summed E-state index contributed by atoms with van der Waals surface area (Å²) in [7, 11) is 0. The summed E-state index contributed by atoms with van der Waals surface area (Å²) in [6.45, 7) is 6.37. The number of fused-ring (bicyclic) bond motifs is 2. The van der Waals surface area contributed by atoms with Crippen LogP contribution in [0.15, 0.2) is 35.5 Å². The molecule has 2 fully saturated rings. The Labute approximate surface area is 125 Å². The molecule has 0 radical (unpaired) electrons. The van der Waals surface area contributed by atoms with Crippen LogP contribution in [0.3, 0.4) is 0 Å². The summed E-state index contributed by atoms with van der Waals surface area (Å²) in [4.78, 5) is 13.0. The largest absolute Gasteiger partial charge is 0.411 e. The molecule has 4 nitrogen and oxygen atoms in total. The zero-order valence-corrected chi connectivity index (χ0v) is 12.8. The number of hydrogen-bond acceptors (Lipinski definition) is 3. The maximum atomic E-state index is 13.0. The van der Waals surface area contributed by atoms with Gasteiger partial charge in [-0.2, -0.15) is 0 Å². The van der Waals surface area contributed by atoms with Crippen molar-refractivity contribution in [2.45, 2.75) is 40.0 Å². The fraction of sp³-hybridized carbons (Fsp3) is 0.529. The van der Waals surface area contributed by atoms with Gasteiger partial charge in [-0.1, -0.05) is 44.1 Å². The van der Waals surface area contributed by atoms with Crippen molar-refractivity contribution < 1.29 is 10.0 Å². The van der Waals surface area contributed by atoms with Crippen LogP contribution in [0.5, 0.6) is 0 Å². The van der Waals surface area contributed by atoms with Gasteiger partial charge in [-0.05, 0) is 30.4 Å². The molecule has 2 bridgehead atoms. The van der Waals surface area contributed by atoms with Crippen molar-refractivity contribution in [2.24, 2.45) is 21.4 Å². The highest BCUT2D eigenvalue weighted by atomic mass is 16.4. The van der Waals surface area contributed by atoms with Crippen LogP contribution in [-0.2, 0) is 4.79 Å². The highest BCUT2D eigenvalue weighted by molar-refractivity contribution is 6.06. The zero-order valence-electron chi connectivity index (χ0n) is 12.8. The first-order valence-electron chi connectivity index (χ1n) is 7.45. The first-order chi connectivity index (χ1) is 9.87. The topological polar surface area (TPSA) is 61.7 Å². The van der Waals surface area contributed by atoms with E-state index in [1.165, 1.54) is 0 Å². The van der Waals surface area contributed by atoms with E-state index < -0.39 is 5.41 Å². The number of rotatable bonds is 2. The molecule has 0 heterocycles. The first kappa shape index (κ1) is 14.1. The van der Waals surface area contributed by atoms with Gasteiger partial charge >= 0.3 is 0 Å². The van der Waals surface area contributed by atoms with Crippen LogP contribution in [0.2, 0.25) is 0 Å². The minimum Gasteiger partial charge on any atom is -0.411 e. The number of para-hydroxylation sites is 1. The quantitative estimate of drug-likeness (QED) is 0.643. The van der Waals surface area contributed by atoms with Crippen LogP contribution in [-0.4, -0.2) is 16.8 Å². The predicted octanol–water partition coefficient (Wildman–Crippen LogP) is 3.67. The highest BCUT2D eigenvalue weighted by Gasteiger charge is 2.71. The third-order valence-electron chi connectivity index (χ3n) is 6.32. The lowest BCUT2D eigenvalue weighted by Crippen LogP contribution is -2.43. The van der Waals surface area contributed by atoms with Crippen LogP contribution < -0.4 is 5.32 Å². The van der Waals surface area contributed by atoms with E-state index in [4.69, 9.17) is 0 Å². The molecule has 2 atom stereocenters. The highest BCUT2D eigenvalue weighted by Crippen LogP contribution is 2.71. The Balaban J connectivity index is 1.96. The maximum absolute atomic E-state index is 13.0. The molecule has 0 saturated heterocycles. The third-order valence-corrected chi connectivity index (χ3v) is 6.32. The molecule has 2 aliphatic carbocycles. The maximum Gasteiger partial charge on any atom is 0.231 e. The van der Waals surface area contributed by atoms with Gasteiger partial charge in [0, 0.05) is 17.5 Å². The first-order valence-corrected chi connectivity index (χ1v) is 7.45. The van der Waals surface area contributed by atoms with E-state index >= 15 is 0 Å². The molecule has 3 rings (SSSR count). The number of amides is 1. The Morgan fingerprint density at radius 2 is 1.86 bits per heavy atom. The van der Waals surface area contributed by atoms with Gasteiger partial charge in [0.1, 0.15) is 0 Å². The lowest BCUT2D eigenvalue weighted by atomic mass is 9.64. The molecule has 1 amide bonds. The average molecular weight is 286 g/mol. The second-order valence-electron chi connectivity index (χ2n) is 7.08. The molecule has 4 heteroatoms. The van der Waals surface area contributed by atoms with Crippen LogP contribution in [0.1, 0.15) is 40.0 Å². The van der Waals surface area contributed by atoms with Gasteiger partial charge in [0.25, 0.3) is 0 Å². The summed E-state index contributed by atoms with van der Waals surface area (Å²) in [5.41, 5.74) is 0.674. The van der Waals surface area contributed by atoms with Crippen molar-refractivity contribution in [1.29, 1.82) is 0 Å². The normalized spacial score (nSPS) is 35.1. The summed E-state index contributed by atoms with van der Waals surface area (Å²) >= 11 is 0. The van der Waals surface area contributed by atoms with Gasteiger partial charge in [-0.25, -0.2) is 0 Å². The van der Waals surface area contributed by atoms with Crippen molar-refractivity contribution >= 4 is 17.3 Å². The van der Waals surface area contributed by atoms with E-state index in [1.807, 2.05) is 30.3 Å². The summed E-state index contributed by atoms with van der Waals surface area (Å²) in [5.74, 6) is 0.0427.